The Bertz CT molecular complexity index is 3000. The van der Waals surface area contributed by atoms with Crippen molar-refractivity contribution in [2.45, 2.75) is 81.3 Å². The predicted octanol–water partition coefficient (Wildman–Crippen LogP) is 6.17. The SMILES string of the molecule is Cc1ncnc2c1ccn2[C@@H]1C[C@@]2(CO[C@H](c3ccc4cc(Br)c(N)nc4c3)C2)[C@@H](O)[C@H]1O.Nc1nc2cc([C@H]3C[C@@]4(CO3)C[C@@H](n3ccc5c(N)ncnc53)[C@H](O)[C@@H]4O)ccc2cc1Br. The molecule has 19 heteroatoms. The summed E-state index contributed by atoms with van der Waals surface area (Å²) in [7, 11) is 0. The molecule has 4 aliphatic rings. The quantitative estimate of drug-likeness (QED) is 0.104. The van der Waals surface area contributed by atoms with Gasteiger partial charge < -0.3 is 56.2 Å². The van der Waals surface area contributed by atoms with Gasteiger partial charge in [-0.05, 0) is 112 Å². The molecule has 17 nitrogen and oxygen atoms in total. The summed E-state index contributed by atoms with van der Waals surface area (Å²) in [4.78, 5) is 26.0. The van der Waals surface area contributed by atoms with Crippen molar-refractivity contribution in [1.29, 1.82) is 0 Å². The van der Waals surface area contributed by atoms with Crippen LogP contribution < -0.4 is 17.2 Å². The van der Waals surface area contributed by atoms with E-state index >= 15 is 0 Å². The molecule has 10 atom stereocenters. The van der Waals surface area contributed by atoms with E-state index in [1.54, 1.807) is 0 Å². The zero-order valence-electron chi connectivity index (χ0n) is 35.6. The van der Waals surface area contributed by atoms with E-state index < -0.39 is 35.2 Å². The normalized spacial score (nSPS) is 29.6. The van der Waals surface area contributed by atoms with Gasteiger partial charge in [-0.2, -0.15) is 0 Å². The molecule has 0 bridgehead atoms. The molecular formula is C47H47Br2N11O6. The summed E-state index contributed by atoms with van der Waals surface area (Å²) in [5, 5.41) is 47.9. The Labute approximate surface area is 394 Å². The maximum atomic E-state index is 11.1. The molecule has 2 aromatic carbocycles. The second-order valence-electron chi connectivity index (χ2n) is 18.4. The molecule has 66 heavy (non-hydrogen) atoms. The monoisotopic (exact) mass is 1020 g/mol. The lowest BCUT2D eigenvalue weighted by Crippen LogP contribution is -2.37. The Balaban J connectivity index is 0.000000146. The van der Waals surface area contributed by atoms with Gasteiger partial charge in [0.05, 0.1) is 80.8 Å². The molecule has 0 amide bonds. The number of fused-ring (bicyclic) bond motifs is 4. The fraction of sp³-hybridized carbons (Fsp3) is 0.362. The van der Waals surface area contributed by atoms with Crippen molar-refractivity contribution >= 4 is 93.2 Å². The molecule has 8 aromatic rings. The van der Waals surface area contributed by atoms with Crippen molar-refractivity contribution in [3.63, 3.8) is 0 Å². The van der Waals surface area contributed by atoms with Crippen LogP contribution >= 0.6 is 31.9 Å². The van der Waals surface area contributed by atoms with Gasteiger partial charge in [0, 0.05) is 39.4 Å². The van der Waals surface area contributed by atoms with Crippen LogP contribution in [0.1, 0.15) is 66.8 Å². The summed E-state index contributed by atoms with van der Waals surface area (Å²) in [6, 6.07) is 19.1. The minimum Gasteiger partial charge on any atom is -0.390 e. The number of aromatic nitrogens is 8. The van der Waals surface area contributed by atoms with Gasteiger partial charge in [-0.3, -0.25) is 0 Å². The van der Waals surface area contributed by atoms with E-state index in [4.69, 9.17) is 26.7 Å². The van der Waals surface area contributed by atoms with Gasteiger partial charge in [-0.15, -0.1) is 0 Å². The highest BCUT2D eigenvalue weighted by molar-refractivity contribution is 9.11. The molecule has 2 saturated carbocycles. The van der Waals surface area contributed by atoms with Gasteiger partial charge in [0.2, 0.25) is 0 Å². The van der Waals surface area contributed by atoms with E-state index in [0.717, 1.165) is 64.0 Å². The first-order valence-electron chi connectivity index (χ1n) is 21.7. The summed E-state index contributed by atoms with van der Waals surface area (Å²) in [6.45, 7) is 2.68. The van der Waals surface area contributed by atoms with E-state index in [9.17, 15) is 20.4 Å². The number of hydrogen-bond acceptors (Lipinski definition) is 15. The largest absolute Gasteiger partial charge is 0.390 e. The second kappa shape index (κ2) is 16.2. The van der Waals surface area contributed by atoms with E-state index in [0.29, 0.717) is 62.0 Å². The van der Waals surface area contributed by atoms with Crippen LogP contribution in [0.4, 0.5) is 17.5 Å². The smallest absolute Gasteiger partial charge is 0.145 e. The highest BCUT2D eigenvalue weighted by Crippen LogP contribution is 2.56. The highest BCUT2D eigenvalue weighted by Gasteiger charge is 2.58. The van der Waals surface area contributed by atoms with E-state index in [2.05, 4.69) is 61.8 Å². The maximum Gasteiger partial charge on any atom is 0.145 e. The van der Waals surface area contributed by atoms with Crippen LogP contribution in [-0.2, 0) is 9.47 Å². The van der Waals surface area contributed by atoms with Crippen LogP contribution in [0, 0.1) is 17.8 Å². The molecule has 0 unspecified atom stereocenters. The number of pyridine rings is 2. The van der Waals surface area contributed by atoms with Crippen molar-refractivity contribution in [2.75, 3.05) is 30.4 Å². The molecule has 6 aromatic heterocycles. The fourth-order valence-electron chi connectivity index (χ4n) is 11.0. The highest BCUT2D eigenvalue weighted by atomic mass is 79.9. The van der Waals surface area contributed by atoms with E-state index in [-0.39, 0.29) is 24.3 Å². The van der Waals surface area contributed by atoms with Gasteiger partial charge in [-0.25, -0.2) is 29.9 Å². The van der Waals surface area contributed by atoms with Gasteiger partial charge >= 0.3 is 0 Å². The number of nitrogens with zero attached hydrogens (tertiary/aromatic N) is 8. The molecule has 8 heterocycles. The number of nitrogen functional groups attached to an aromatic ring is 3. The third-order valence-corrected chi connectivity index (χ3v) is 15.9. The number of aliphatic hydroxyl groups excluding tert-OH is 4. The predicted molar refractivity (Wildman–Crippen MR) is 255 cm³/mol. The van der Waals surface area contributed by atoms with Crippen LogP contribution in [0.3, 0.4) is 0 Å². The standard InChI is InChI=1S/C24H24BrN5O3.C23H23BrN6O3/c1-12-15-4-5-30(23(15)28-11-27-12)18-8-24(21(32)20(18)31)9-19(33-10-24)14-3-2-13-6-16(25)22(26)29-17(13)7-14;24-14-5-11-1-2-12(6-15(11)29-21(14)26)17-8-23(9-33-17)7-16(18(31)19(23)32)30-4-3-13-20(25)27-10-28-22(13)30/h2-7,11,18-21,31-32H,8-10H2,1H3,(H2,26,29);1-6,10,16-19,31-32H,7-9H2,(H2,26,29)(H2,25,27,28)/t18-,19+,20+,21+,24-;16-,17-,18+,19+,23-/m11/s1. The number of ether oxygens (including phenoxy) is 2. The number of rotatable bonds is 4. The lowest BCUT2D eigenvalue weighted by molar-refractivity contribution is -0.0309. The minimum atomic E-state index is -0.949. The first-order valence-corrected chi connectivity index (χ1v) is 23.3. The van der Waals surface area contributed by atoms with Crippen molar-refractivity contribution < 1.29 is 29.9 Å². The first kappa shape index (κ1) is 43.2. The Morgan fingerprint density at radius 1 is 0.591 bits per heavy atom. The van der Waals surface area contributed by atoms with Gasteiger partial charge in [0.25, 0.3) is 0 Å². The molecule has 2 aliphatic carbocycles. The lowest BCUT2D eigenvalue weighted by atomic mass is 9.80. The average molecular weight is 1020 g/mol. The number of aliphatic hydroxyl groups is 4. The molecule has 12 rings (SSSR count). The third-order valence-electron chi connectivity index (χ3n) is 14.6. The molecule has 0 radical (unpaired) electrons. The number of aryl methyl sites for hydroxylation is 1. The molecule has 4 fully saturated rings. The lowest BCUT2D eigenvalue weighted by Gasteiger charge is -2.26. The van der Waals surface area contributed by atoms with Gasteiger partial charge in [0.15, 0.2) is 0 Å². The summed E-state index contributed by atoms with van der Waals surface area (Å²) >= 11 is 6.84. The van der Waals surface area contributed by atoms with Crippen LogP contribution in [-0.4, -0.2) is 97.1 Å². The Hall–Kier alpha value is -5.38. The zero-order chi connectivity index (χ0) is 45.8. The maximum absolute atomic E-state index is 11.1. The van der Waals surface area contributed by atoms with Crippen LogP contribution in [0.2, 0.25) is 0 Å². The number of halogens is 2. The van der Waals surface area contributed by atoms with Crippen molar-refractivity contribution in [3.8, 4) is 0 Å². The van der Waals surface area contributed by atoms with Crippen molar-refractivity contribution in [1.82, 2.24) is 39.0 Å². The number of anilines is 3. The Morgan fingerprint density at radius 2 is 1.06 bits per heavy atom. The molecule has 2 saturated heterocycles. The van der Waals surface area contributed by atoms with E-state index in [1.165, 1.54) is 12.7 Å². The molecule has 10 N–H and O–H groups in total. The van der Waals surface area contributed by atoms with Gasteiger partial charge in [0.1, 0.15) is 53.6 Å². The summed E-state index contributed by atoms with van der Waals surface area (Å²) < 4.78 is 17.8. The second-order valence-corrected chi connectivity index (χ2v) is 20.1. The summed E-state index contributed by atoms with van der Waals surface area (Å²) in [5.74, 6) is 1.27. The number of benzene rings is 2. The number of nitrogens with two attached hydrogens (primary N) is 3. The van der Waals surface area contributed by atoms with Gasteiger partial charge in [-0.1, -0.05) is 24.3 Å². The fourth-order valence-corrected chi connectivity index (χ4v) is 11.7. The topological polar surface area (TPSA) is 265 Å². The third kappa shape index (κ3) is 7.01. The Morgan fingerprint density at radius 3 is 1.58 bits per heavy atom. The van der Waals surface area contributed by atoms with E-state index in [1.807, 2.05) is 89.1 Å². The molecular weight excluding hydrogens is 974 g/mol. The molecule has 2 aliphatic heterocycles. The number of hydrogen-bond donors (Lipinski definition) is 7. The van der Waals surface area contributed by atoms with Crippen LogP contribution in [0.15, 0.2) is 94.7 Å². The zero-order valence-corrected chi connectivity index (χ0v) is 38.8. The summed E-state index contributed by atoms with van der Waals surface area (Å²) in [6.07, 6.45) is 5.03. The van der Waals surface area contributed by atoms with Crippen LogP contribution in [0.5, 0.6) is 0 Å². The molecule has 2 spiro atoms. The van der Waals surface area contributed by atoms with Crippen molar-refractivity contribution in [2.24, 2.45) is 10.8 Å². The average Bonchev–Trinajstić information content (AvgIpc) is 4.18. The van der Waals surface area contributed by atoms with Crippen LogP contribution in [0.25, 0.3) is 43.9 Å². The Kier molecular flexibility index (Phi) is 10.6. The first-order chi connectivity index (χ1) is 31.7. The summed E-state index contributed by atoms with van der Waals surface area (Å²) in [5.41, 5.74) is 22.7. The minimum absolute atomic E-state index is 0.187. The molecule has 340 valence electrons. The van der Waals surface area contributed by atoms with Crippen molar-refractivity contribution in [3.05, 3.63) is 111 Å².